The topological polar surface area (TPSA) is 76.1 Å². The van der Waals surface area contributed by atoms with Gasteiger partial charge in [-0.3, -0.25) is 0 Å². The third-order valence-electron chi connectivity index (χ3n) is 2.56. The van der Waals surface area contributed by atoms with Gasteiger partial charge in [-0.05, 0) is 19.1 Å². The van der Waals surface area contributed by atoms with Crippen LogP contribution < -0.4 is 4.74 Å². The predicted molar refractivity (Wildman–Crippen MR) is 73.7 cm³/mol. The lowest BCUT2D eigenvalue weighted by Gasteiger charge is -2.15. The van der Waals surface area contributed by atoms with E-state index < -0.39 is 5.95 Å². The molecule has 1 rings (SSSR count). The normalized spacial score (nSPS) is 13.1. The molecule has 0 amide bonds. The molecular weight excluding hydrogens is 260 g/mol. The molecule has 0 heterocycles. The molecule has 6 nitrogen and oxygen atoms in total. The zero-order valence-corrected chi connectivity index (χ0v) is 11.7. The Morgan fingerprint density at radius 3 is 2.60 bits per heavy atom. The quantitative estimate of drug-likeness (QED) is 0.584. The molecule has 0 fully saturated rings. The third-order valence-corrected chi connectivity index (χ3v) is 2.56. The lowest BCUT2D eigenvalue weighted by molar-refractivity contribution is 0.0260. The first-order valence-corrected chi connectivity index (χ1v) is 6.31. The van der Waals surface area contributed by atoms with Crippen LogP contribution in [0.1, 0.15) is 13.3 Å². The molecule has 0 saturated heterocycles. The van der Waals surface area contributed by atoms with E-state index in [1.165, 1.54) is 7.11 Å². The van der Waals surface area contributed by atoms with Crippen molar-refractivity contribution in [2.45, 2.75) is 19.4 Å². The van der Waals surface area contributed by atoms with Crippen molar-refractivity contribution in [2.75, 3.05) is 20.3 Å². The van der Waals surface area contributed by atoms with Gasteiger partial charge in [-0.25, -0.2) is 0 Å². The number of rotatable bonds is 8. The van der Waals surface area contributed by atoms with Gasteiger partial charge in [0, 0.05) is 6.61 Å². The van der Waals surface area contributed by atoms with Crippen LogP contribution >= 0.6 is 0 Å². The molecule has 0 aromatic heterocycles. The molecule has 1 N–H and O–H groups in total. The number of nitrogens with zero attached hydrogens (tertiary/aromatic N) is 2. The van der Waals surface area contributed by atoms with Crippen LogP contribution in [0.5, 0.6) is 5.75 Å². The minimum atomic E-state index is -0.433. The molecular formula is C14H19N2O4+. The number of benzene rings is 1. The molecule has 6 heteroatoms. The Balaban J connectivity index is 2.63. The molecule has 1 aromatic rings. The molecule has 0 radical (unpaired) electrons. The summed E-state index contributed by atoms with van der Waals surface area (Å²) in [7, 11) is 1.29. The van der Waals surface area contributed by atoms with Gasteiger partial charge in [0.1, 0.15) is 18.5 Å². The highest BCUT2D eigenvalue weighted by molar-refractivity contribution is 5.21. The second-order valence-electron chi connectivity index (χ2n) is 3.96. The zero-order valence-electron chi connectivity index (χ0n) is 11.7. The Morgan fingerprint density at radius 2 is 2.05 bits per heavy atom. The van der Waals surface area contributed by atoms with Gasteiger partial charge in [-0.15, -0.1) is 0 Å². The lowest BCUT2D eigenvalue weighted by Crippen LogP contribution is -2.22. The minimum absolute atomic E-state index is 0.0163. The Morgan fingerprint density at radius 1 is 1.35 bits per heavy atom. The summed E-state index contributed by atoms with van der Waals surface area (Å²) in [5.74, 6) is 0.288. The third kappa shape index (κ3) is 5.16. The van der Waals surface area contributed by atoms with Crippen LogP contribution in [0.2, 0.25) is 0 Å². The summed E-state index contributed by atoms with van der Waals surface area (Å²) in [5, 5.41) is 18.3. The number of aliphatic hydroxyl groups is 1. The Kier molecular flexibility index (Phi) is 6.93. The Labute approximate surface area is 118 Å². The first kappa shape index (κ1) is 15.8. The first-order valence-electron chi connectivity index (χ1n) is 6.31. The standard InChI is InChI=1S/C14H18N2O4/c1-3-19-12(9-13(16-15)14(17)18-2)10-20-11-7-5-4-6-8-11/h4-8,12H,3,9-10H2,1-2H3/p+1/b14-13+/t12-/m1/s1. The average Bonchev–Trinajstić information content (AvgIpc) is 2.50. The Hall–Kier alpha value is -2.26. The molecule has 1 aromatic carbocycles. The van der Waals surface area contributed by atoms with Crippen molar-refractivity contribution in [1.29, 1.82) is 5.39 Å². The van der Waals surface area contributed by atoms with E-state index >= 15 is 0 Å². The van der Waals surface area contributed by atoms with Crippen molar-refractivity contribution in [3.63, 3.8) is 0 Å². The predicted octanol–water partition coefficient (Wildman–Crippen LogP) is 3.09. The van der Waals surface area contributed by atoms with Gasteiger partial charge in [0.25, 0.3) is 0 Å². The molecule has 108 valence electrons. The largest absolute Gasteiger partial charge is 0.491 e. The second kappa shape index (κ2) is 8.77. The molecule has 0 bridgehead atoms. The van der Waals surface area contributed by atoms with E-state index in [0.29, 0.717) is 6.61 Å². The number of para-hydroxylation sites is 1. The molecule has 1 atom stereocenters. The molecule has 0 aliphatic heterocycles. The van der Waals surface area contributed by atoms with E-state index in [1.54, 1.807) is 0 Å². The number of ether oxygens (including phenoxy) is 3. The number of hydrogen-bond donors (Lipinski definition) is 1. The van der Waals surface area contributed by atoms with E-state index in [-0.39, 0.29) is 24.8 Å². The number of aliphatic hydroxyl groups excluding tert-OH is 1. The highest BCUT2D eigenvalue weighted by Crippen LogP contribution is 2.16. The van der Waals surface area contributed by atoms with Crippen molar-refractivity contribution in [2.24, 2.45) is 0 Å². The van der Waals surface area contributed by atoms with Crippen molar-refractivity contribution in [3.8, 4) is 5.75 Å². The first-order chi connectivity index (χ1) is 9.71. The van der Waals surface area contributed by atoms with Crippen LogP contribution in [0.4, 0.5) is 0 Å². The molecule has 20 heavy (non-hydrogen) atoms. The maximum atomic E-state index is 9.43. The SMILES string of the molecule is CCO[C@@H](COc1ccccc1)C/C([N+]#N)=C(/O)OC. The summed E-state index contributed by atoms with van der Waals surface area (Å²) >= 11 is 0. The number of methoxy groups -OCH3 is 1. The van der Waals surface area contributed by atoms with Crippen molar-refractivity contribution >= 4 is 0 Å². The van der Waals surface area contributed by atoms with Crippen LogP contribution in [0, 0.1) is 5.39 Å². The maximum absolute atomic E-state index is 9.43. The van der Waals surface area contributed by atoms with Crippen molar-refractivity contribution in [3.05, 3.63) is 47.0 Å². The molecule has 0 unspecified atom stereocenters. The molecule has 0 saturated carbocycles. The molecule has 0 aliphatic carbocycles. The van der Waals surface area contributed by atoms with Gasteiger partial charge in [-0.2, -0.15) is 0 Å². The van der Waals surface area contributed by atoms with Crippen LogP contribution in [-0.2, 0) is 9.47 Å². The monoisotopic (exact) mass is 279 g/mol. The summed E-state index contributed by atoms with van der Waals surface area (Å²) in [5.41, 5.74) is 0.0163. The molecule has 0 spiro atoms. The van der Waals surface area contributed by atoms with Crippen LogP contribution in [0.3, 0.4) is 0 Å². The summed E-state index contributed by atoms with van der Waals surface area (Å²) in [4.78, 5) is 3.00. The van der Waals surface area contributed by atoms with Crippen molar-refractivity contribution in [1.82, 2.24) is 0 Å². The van der Waals surface area contributed by atoms with Gasteiger partial charge in [0.05, 0.1) is 13.5 Å². The average molecular weight is 279 g/mol. The Bertz CT molecular complexity index is 468. The van der Waals surface area contributed by atoms with Gasteiger partial charge in [0.15, 0.2) is 4.98 Å². The van der Waals surface area contributed by atoms with Gasteiger partial charge < -0.3 is 19.3 Å². The van der Waals surface area contributed by atoms with E-state index in [1.807, 2.05) is 37.3 Å². The zero-order chi connectivity index (χ0) is 14.8. The second-order valence-corrected chi connectivity index (χ2v) is 3.96. The van der Waals surface area contributed by atoms with Crippen LogP contribution in [0.25, 0.3) is 4.98 Å². The summed E-state index contributed by atoms with van der Waals surface area (Å²) in [6.45, 7) is 2.61. The summed E-state index contributed by atoms with van der Waals surface area (Å²) in [6, 6.07) is 9.31. The molecule has 0 aliphatic rings. The van der Waals surface area contributed by atoms with E-state index in [9.17, 15) is 5.11 Å². The van der Waals surface area contributed by atoms with Crippen LogP contribution in [0.15, 0.2) is 42.0 Å². The number of hydrogen-bond acceptors (Lipinski definition) is 5. The van der Waals surface area contributed by atoms with Gasteiger partial charge in [0.2, 0.25) is 5.39 Å². The summed E-state index contributed by atoms with van der Waals surface area (Å²) in [6.07, 6.45) is -0.181. The van der Waals surface area contributed by atoms with Crippen LogP contribution in [-0.4, -0.2) is 31.5 Å². The lowest BCUT2D eigenvalue weighted by atomic mass is 10.2. The highest BCUT2D eigenvalue weighted by Gasteiger charge is 2.26. The fourth-order valence-corrected chi connectivity index (χ4v) is 1.61. The summed E-state index contributed by atoms with van der Waals surface area (Å²) < 4.78 is 15.7. The van der Waals surface area contributed by atoms with Gasteiger partial charge in [-0.1, -0.05) is 18.2 Å². The van der Waals surface area contributed by atoms with Gasteiger partial charge >= 0.3 is 11.6 Å². The fraction of sp³-hybridized carbons (Fsp3) is 0.429. The van der Waals surface area contributed by atoms with E-state index in [2.05, 4.69) is 9.71 Å². The maximum Gasteiger partial charge on any atom is 0.443 e. The van der Waals surface area contributed by atoms with E-state index in [4.69, 9.17) is 14.9 Å². The smallest absolute Gasteiger partial charge is 0.443 e. The fourth-order valence-electron chi connectivity index (χ4n) is 1.61. The van der Waals surface area contributed by atoms with Crippen molar-refractivity contribution < 1.29 is 19.3 Å². The minimum Gasteiger partial charge on any atom is -0.491 e. The number of diazo groups is 1. The van der Waals surface area contributed by atoms with E-state index in [0.717, 1.165) is 5.75 Å². The highest BCUT2D eigenvalue weighted by atomic mass is 16.6.